The van der Waals surface area contributed by atoms with Gasteiger partial charge in [-0.25, -0.2) is 0 Å². The van der Waals surface area contributed by atoms with Crippen molar-refractivity contribution in [2.24, 2.45) is 0 Å². The maximum atomic E-state index is 12.4. The molecule has 1 N–H and O–H groups in total. The average molecular weight is 359 g/mol. The second-order valence-electron chi connectivity index (χ2n) is 5.81. The molecule has 6 heteroatoms. The van der Waals surface area contributed by atoms with Crippen LogP contribution in [0.5, 0.6) is 5.75 Å². The van der Waals surface area contributed by atoms with E-state index >= 15 is 0 Å². The molecule has 0 spiro atoms. The number of carbonyl (C=O) groups is 2. The van der Waals surface area contributed by atoms with E-state index in [4.69, 9.17) is 16.3 Å². The first-order valence-electron chi connectivity index (χ1n) is 8.16. The van der Waals surface area contributed by atoms with E-state index in [9.17, 15) is 9.59 Å². The quantitative estimate of drug-likeness (QED) is 0.892. The van der Waals surface area contributed by atoms with E-state index < -0.39 is 0 Å². The van der Waals surface area contributed by atoms with Gasteiger partial charge in [0.25, 0.3) is 5.91 Å². The highest BCUT2D eigenvalue weighted by Crippen LogP contribution is 2.23. The zero-order valence-electron chi connectivity index (χ0n) is 13.9. The van der Waals surface area contributed by atoms with Crippen LogP contribution < -0.4 is 15.0 Å². The highest BCUT2D eigenvalue weighted by Gasteiger charge is 2.31. The Hall–Kier alpha value is -2.53. The number of benzene rings is 2. The number of nitrogens with one attached hydrogen (secondary N) is 1. The molecule has 1 saturated heterocycles. The summed E-state index contributed by atoms with van der Waals surface area (Å²) >= 11 is 5.88. The van der Waals surface area contributed by atoms with E-state index in [1.807, 2.05) is 6.92 Å². The number of hydrogen-bond acceptors (Lipinski definition) is 3. The monoisotopic (exact) mass is 358 g/mol. The van der Waals surface area contributed by atoms with Crippen molar-refractivity contribution in [3.8, 4) is 5.75 Å². The highest BCUT2D eigenvalue weighted by molar-refractivity contribution is 6.30. The Morgan fingerprint density at radius 2 is 1.88 bits per heavy atom. The van der Waals surface area contributed by atoms with Crippen molar-refractivity contribution in [1.29, 1.82) is 0 Å². The Morgan fingerprint density at radius 3 is 2.52 bits per heavy atom. The van der Waals surface area contributed by atoms with Gasteiger partial charge in [0.05, 0.1) is 12.6 Å². The van der Waals surface area contributed by atoms with Crippen molar-refractivity contribution in [3.63, 3.8) is 0 Å². The average Bonchev–Trinajstić information content (AvgIpc) is 2.97. The summed E-state index contributed by atoms with van der Waals surface area (Å²) in [6.07, 6.45) is 0.283. The molecule has 25 heavy (non-hydrogen) atoms. The van der Waals surface area contributed by atoms with Crippen LogP contribution in [0.2, 0.25) is 5.02 Å². The van der Waals surface area contributed by atoms with Gasteiger partial charge in [0.15, 0.2) is 0 Å². The molecule has 5 nitrogen and oxygen atoms in total. The number of nitrogens with zero attached hydrogens (tertiary/aromatic N) is 1. The summed E-state index contributed by atoms with van der Waals surface area (Å²) in [6, 6.07) is 13.8. The molecule has 0 radical (unpaired) electrons. The van der Waals surface area contributed by atoms with Gasteiger partial charge in [0.2, 0.25) is 5.91 Å². The molecule has 0 aromatic heterocycles. The molecule has 1 heterocycles. The van der Waals surface area contributed by atoms with Gasteiger partial charge in [-0.1, -0.05) is 11.6 Å². The maximum Gasteiger partial charge on any atom is 0.251 e. The van der Waals surface area contributed by atoms with Crippen molar-refractivity contribution in [2.45, 2.75) is 19.4 Å². The minimum absolute atomic E-state index is 0.0145. The summed E-state index contributed by atoms with van der Waals surface area (Å²) < 4.78 is 5.37. The summed E-state index contributed by atoms with van der Waals surface area (Å²) in [5.74, 6) is 0.516. The Balaban J connectivity index is 1.62. The molecule has 0 aliphatic carbocycles. The number of carbonyl (C=O) groups excluding carboxylic acids is 2. The molecule has 1 fully saturated rings. The van der Waals surface area contributed by atoms with E-state index in [2.05, 4.69) is 5.32 Å². The Bertz CT molecular complexity index is 759. The lowest BCUT2D eigenvalue weighted by Crippen LogP contribution is -2.37. The molecule has 130 valence electrons. The molecule has 2 amide bonds. The van der Waals surface area contributed by atoms with Gasteiger partial charge in [-0.05, 0) is 55.5 Å². The van der Waals surface area contributed by atoms with Crippen LogP contribution in [0.15, 0.2) is 48.5 Å². The van der Waals surface area contributed by atoms with Crippen LogP contribution in [-0.2, 0) is 4.79 Å². The summed E-state index contributed by atoms with van der Waals surface area (Å²) in [5.41, 5.74) is 1.33. The third kappa shape index (κ3) is 4.12. The first-order valence-corrected chi connectivity index (χ1v) is 8.54. The summed E-state index contributed by atoms with van der Waals surface area (Å²) in [7, 11) is 0. The fourth-order valence-corrected chi connectivity index (χ4v) is 2.94. The number of rotatable bonds is 5. The predicted octanol–water partition coefficient (Wildman–Crippen LogP) is 3.27. The van der Waals surface area contributed by atoms with E-state index in [0.717, 1.165) is 11.4 Å². The minimum Gasteiger partial charge on any atom is -0.494 e. The van der Waals surface area contributed by atoms with Gasteiger partial charge >= 0.3 is 0 Å². The zero-order valence-corrected chi connectivity index (χ0v) is 14.6. The molecule has 0 saturated carbocycles. The second-order valence-corrected chi connectivity index (χ2v) is 6.25. The van der Waals surface area contributed by atoms with Crippen LogP contribution in [-0.4, -0.2) is 31.0 Å². The largest absolute Gasteiger partial charge is 0.494 e. The van der Waals surface area contributed by atoms with E-state index in [1.165, 1.54) is 0 Å². The van der Waals surface area contributed by atoms with Crippen LogP contribution in [0.3, 0.4) is 0 Å². The van der Waals surface area contributed by atoms with Gasteiger partial charge in [-0.15, -0.1) is 0 Å². The van der Waals surface area contributed by atoms with Gasteiger partial charge in [-0.2, -0.15) is 0 Å². The van der Waals surface area contributed by atoms with Crippen molar-refractivity contribution in [3.05, 3.63) is 59.1 Å². The summed E-state index contributed by atoms with van der Waals surface area (Å²) in [6.45, 7) is 2.93. The third-order valence-corrected chi connectivity index (χ3v) is 4.28. The Kier molecular flexibility index (Phi) is 5.24. The topological polar surface area (TPSA) is 58.6 Å². The number of anilines is 1. The fraction of sp³-hybridized carbons (Fsp3) is 0.263. The Labute approximate surface area is 151 Å². The SMILES string of the molecule is CCOc1ccc(C(=O)NC2CC(=O)N(c3ccc(Cl)cc3)C2)cc1. The molecule has 1 unspecified atom stereocenters. The minimum atomic E-state index is -0.220. The van der Waals surface area contributed by atoms with Crippen molar-refractivity contribution >= 4 is 29.1 Å². The molecule has 2 aromatic carbocycles. The van der Waals surface area contributed by atoms with Crippen LogP contribution in [0.25, 0.3) is 0 Å². The number of amides is 2. The maximum absolute atomic E-state index is 12.4. The molecule has 2 aromatic rings. The third-order valence-electron chi connectivity index (χ3n) is 4.03. The normalized spacial score (nSPS) is 16.8. The standard InChI is InChI=1S/C19H19ClN2O3/c1-2-25-17-9-3-13(4-10-17)19(24)21-15-11-18(23)22(12-15)16-7-5-14(20)6-8-16/h3-10,15H,2,11-12H2,1H3,(H,21,24). The number of ether oxygens (including phenoxy) is 1. The second kappa shape index (κ2) is 7.57. The molecule has 3 rings (SSSR count). The lowest BCUT2D eigenvalue weighted by atomic mass is 10.2. The van der Waals surface area contributed by atoms with Gasteiger partial charge in [0, 0.05) is 29.2 Å². The van der Waals surface area contributed by atoms with Gasteiger partial charge in [0.1, 0.15) is 5.75 Å². The van der Waals surface area contributed by atoms with Crippen molar-refractivity contribution < 1.29 is 14.3 Å². The first-order chi connectivity index (χ1) is 12.1. The molecular weight excluding hydrogens is 340 g/mol. The molecule has 1 aliphatic heterocycles. The predicted molar refractivity (Wildman–Crippen MR) is 97.3 cm³/mol. The Morgan fingerprint density at radius 1 is 1.20 bits per heavy atom. The van der Waals surface area contributed by atoms with Crippen molar-refractivity contribution in [2.75, 3.05) is 18.1 Å². The fourth-order valence-electron chi connectivity index (χ4n) is 2.81. The first kappa shape index (κ1) is 17.3. The zero-order chi connectivity index (χ0) is 17.8. The van der Waals surface area contributed by atoms with Crippen LogP contribution >= 0.6 is 11.6 Å². The molecule has 0 bridgehead atoms. The van der Waals surface area contributed by atoms with Crippen LogP contribution in [0, 0.1) is 0 Å². The van der Waals surface area contributed by atoms with Gasteiger partial charge in [-0.3, -0.25) is 9.59 Å². The molecule has 1 aliphatic rings. The van der Waals surface area contributed by atoms with Crippen LogP contribution in [0.4, 0.5) is 5.69 Å². The lowest BCUT2D eigenvalue weighted by molar-refractivity contribution is -0.117. The van der Waals surface area contributed by atoms with E-state index in [1.54, 1.807) is 53.4 Å². The number of halogens is 1. The highest BCUT2D eigenvalue weighted by atomic mass is 35.5. The summed E-state index contributed by atoms with van der Waals surface area (Å²) in [4.78, 5) is 26.3. The summed E-state index contributed by atoms with van der Waals surface area (Å²) in [5, 5.41) is 3.54. The van der Waals surface area contributed by atoms with Crippen LogP contribution in [0.1, 0.15) is 23.7 Å². The van der Waals surface area contributed by atoms with E-state index in [-0.39, 0.29) is 24.3 Å². The number of hydrogen-bond donors (Lipinski definition) is 1. The smallest absolute Gasteiger partial charge is 0.251 e. The molecular formula is C19H19ClN2O3. The van der Waals surface area contributed by atoms with E-state index in [0.29, 0.717) is 23.7 Å². The van der Waals surface area contributed by atoms with Crippen molar-refractivity contribution in [1.82, 2.24) is 5.32 Å². The van der Waals surface area contributed by atoms with Gasteiger partial charge < -0.3 is 15.0 Å². The molecule has 1 atom stereocenters. The lowest BCUT2D eigenvalue weighted by Gasteiger charge is -2.17.